The number of thioether (sulfide) groups is 1. The first-order chi connectivity index (χ1) is 8.66. The zero-order valence-electron chi connectivity index (χ0n) is 10.1. The predicted molar refractivity (Wildman–Crippen MR) is 79.8 cm³/mol. The molecule has 0 radical (unpaired) electrons. The molecule has 0 aliphatic carbocycles. The molecule has 0 unspecified atom stereocenters. The van der Waals surface area contributed by atoms with Crippen molar-refractivity contribution in [3.05, 3.63) is 28.4 Å². The van der Waals surface area contributed by atoms with Gasteiger partial charge in [0.1, 0.15) is 10.3 Å². The van der Waals surface area contributed by atoms with Crippen molar-refractivity contribution in [3.8, 4) is 11.3 Å². The number of rotatable bonds is 1. The molecule has 0 saturated heterocycles. The third kappa shape index (κ3) is 1.95. The van der Waals surface area contributed by atoms with Gasteiger partial charge in [-0.15, -0.1) is 11.8 Å². The van der Waals surface area contributed by atoms with E-state index in [-0.39, 0.29) is 0 Å². The van der Waals surface area contributed by atoms with Gasteiger partial charge in [-0.25, -0.2) is 4.98 Å². The zero-order chi connectivity index (χ0) is 12.7. The Morgan fingerprint density at radius 3 is 3.00 bits per heavy atom. The van der Waals surface area contributed by atoms with Crippen LogP contribution in [0.5, 0.6) is 0 Å². The van der Waals surface area contributed by atoms with E-state index in [2.05, 4.69) is 39.1 Å². The molecule has 3 nitrogen and oxygen atoms in total. The molecule has 3 rings (SSSR count). The summed E-state index contributed by atoms with van der Waals surface area (Å²) < 4.78 is 2.78. The molecule has 0 saturated carbocycles. The average Bonchev–Trinajstić information content (AvgIpc) is 2.66. The van der Waals surface area contributed by atoms with E-state index in [1.54, 1.807) is 0 Å². The Kier molecular flexibility index (Phi) is 3.11. The van der Waals surface area contributed by atoms with Crippen LogP contribution >= 0.6 is 27.7 Å². The molecular formula is C13H14BrN3S. The summed E-state index contributed by atoms with van der Waals surface area (Å²) in [4.78, 5) is 5.82. The van der Waals surface area contributed by atoms with Crippen LogP contribution in [-0.2, 0) is 13.5 Å². The molecule has 94 valence electrons. The lowest BCUT2D eigenvalue weighted by molar-refractivity contribution is 0.890. The Morgan fingerprint density at radius 1 is 1.44 bits per heavy atom. The average molecular weight is 324 g/mol. The van der Waals surface area contributed by atoms with Gasteiger partial charge in [0.05, 0.1) is 0 Å². The number of aromatic nitrogens is 2. The van der Waals surface area contributed by atoms with Crippen molar-refractivity contribution in [2.45, 2.75) is 17.7 Å². The molecule has 0 fully saturated rings. The number of imidazole rings is 1. The number of hydrogen-bond acceptors (Lipinski definition) is 3. The highest BCUT2D eigenvalue weighted by molar-refractivity contribution is 9.10. The van der Waals surface area contributed by atoms with Gasteiger partial charge in [0, 0.05) is 17.5 Å². The lowest BCUT2D eigenvalue weighted by Crippen LogP contribution is -1.98. The normalized spacial score (nSPS) is 14.6. The van der Waals surface area contributed by atoms with Gasteiger partial charge < -0.3 is 10.3 Å². The van der Waals surface area contributed by atoms with E-state index in [1.807, 2.05) is 23.4 Å². The minimum atomic E-state index is 0.531. The Labute approximate surface area is 119 Å². The summed E-state index contributed by atoms with van der Waals surface area (Å²) in [5, 5.41) is 0. The van der Waals surface area contributed by atoms with Crippen LogP contribution in [0.4, 0.5) is 5.95 Å². The largest absolute Gasteiger partial charge is 0.369 e. The maximum absolute atomic E-state index is 5.83. The molecule has 0 amide bonds. The number of halogens is 1. The molecule has 0 atom stereocenters. The number of anilines is 1. The van der Waals surface area contributed by atoms with E-state index in [9.17, 15) is 0 Å². The SMILES string of the molecule is Cn1c(N)nc(-c2ccc3c(c2)CCCS3)c1Br. The lowest BCUT2D eigenvalue weighted by atomic mass is 10.0. The molecule has 2 N–H and O–H groups in total. The molecule has 0 spiro atoms. The van der Waals surface area contributed by atoms with Crippen LogP contribution < -0.4 is 5.73 Å². The van der Waals surface area contributed by atoms with Crippen molar-refractivity contribution in [2.75, 3.05) is 11.5 Å². The summed E-state index contributed by atoms with van der Waals surface area (Å²) in [5.41, 5.74) is 9.32. The topological polar surface area (TPSA) is 43.8 Å². The van der Waals surface area contributed by atoms with Gasteiger partial charge in [-0.2, -0.15) is 0 Å². The third-order valence-corrected chi connectivity index (χ3v) is 5.35. The van der Waals surface area contributed by atoms with Gasteiger partial charge in [-0.1, -0.05) is 6.07 Å². The molecule has 1 aliphatic rings. The molecule has 1 aromatic heterocycles. The number of nitrogen functional groups attached to an aromatic ring is 1. The van der Waals surface area contributed by atoms with Gasteiger partial charge in [0.15, 0.2) is 0 Å². The molecule has 1 aliphatic heterocycles. The maximum atomic E-state index is 5.83. The van der Waals surface area contributed by atoms with Gasteiger partial charge in [0.25, 0.3) is 0 Å². The molecule has 2 aromatic rings. The molecule has 0 bridgehead atoms. The second-order valence-corrected chi connectivity index (χ2v) is 6.33. The molecule has 2 heterocycles. The maximum Gasteiger partial charge on any atom is 0.201 e. The van der Waals surface area contributed by atoms with E-state index in [1.165, 1.54) is 22.6 Å². The van der Waals surface area contributed by atoms with Crippen LogP contribution in [0.3, 0.4) is 0 Å². The highest BCUT2D eigenvalue weighted by Crippen LogP contribution is 2.35. The van der Waals surface area contributed by atoms with Gasteiger partial charge in [-0.05, 0) is 52.2 Å². The summed E-state index contributed by atoms with van der Waals surface area (Å²) in [7, 11) is 1.91. The number of nitrogens with two attached hydrogens (primary N) is 1. The molecule has 5 heteroatoms. The monoisotopic (exact) mass is 323 g/mol. The second-order valence-electron chi connectivity index (χ2n) is 4.44. The fourth-order valence-corrected chi connectivity index (χ4v) is 3.70. The summed E-state index contributed by atoms with van der Waals surface area (Å²) in [6.07, 6.45) is 2.42. The Morgan fingerprint density at radius 2 is 2.28 bits per heavy atom. The Balaban J connectivity index is 2.09. The van der Waals surface area contributed by atoms with Crippen molar-refractivity contribution in [1.29, 1.82) is 0 Å². The minimum absolute atomic E-state index is 0.531. The highest BCUT2D eigenvalue weighted by atomic mass is 79.9. The number of fused-ring (bicyclic) bond motifs is 1. The van der Waals surface area contributed by atoms with Crippen molar-refractivity contribution in [1.82, 2.24) is 9.55 Å². The molecule has 18 heavy (non-hydrogen) atoms. The number of benzene rings is 1. The second kappa shape index (κ2) is 4.63. The van der Waals surface area contributed by atoms with Gasteiger partial charge in [0.2, 0.25) is 5.95 Å². The van der Waals surface area contributed by atoms with Crippen molar-refractivity contribution in [3.63, 3.8) is 0 Å². The smallest absolute Gasteiger partial charge is 0.201 e. The molecular weight excluding hydrogens is 310 g/mol. The van der Waals surface area contributed by atoms with Crippen LogP contribution in [0.1, 0.15) is 12.0 Å². The fourth-order valence-electron chi connectivity index (χ4n) is 2.19. The first-order valence-corrected chi connectivity index (χ1v) is 7.68. The van der Waals surface area contributed by atoms with Crippen LogP contribution in [0.2, 0.25) is 0 Å². The minimum Gasteiger partial charge on any atom is -0.369 e. The van der Waals surface area contributed by atoms with Crippen LogP contribution in [0, 0.1) is 0 Å². The quantitative estimate of drug-likeness (QED) is 0.873. The van der Waals surface area contributed by atoms with Gasteiger partial charge in [-0.3, -0.25) is 0 Å². The van der Waals surface area contributed by atoms with E-state index in [0.717, 1.165) is 22.3 Å². The third-order valence-electron chi connectivity index (χ3n) is 3.24. The van der Waals surface area contributed by atoms with E-state index < -0.39 is 0 Å². The first-order valence-electron chi connectivity index (χ1n) is 5.90. The standard InChI is InChI=1S/C13H14BrN3S/c1-17-12(14)11(16-13(17)15)9-4-5-10-8(7-9)3-2-6-18-10/h4-5,7H,2-3,6H2,1H3,(H2,15,16). The fraction of sp³-hybridized carbons (Fsp3) is 0.308. The number of hydrogen-bond donors (Lipinski definition) is 1. The van der Waals surface area contributed by atoms with E-state index in [0.29, 0.717) is 5.95 Å². The summed E-state index contributed by atoms with van der Waals surface area (Å²) in [6.45, 7) is 0. The summed E-state index contributed by atoms with van der Waals surface area (Å²) in [6, 6.07) is 6.57. The van der Waals surface area contributed by atoms with Crippen LogP contribution in [0.25, 0.3) is 11.3 Å². The van der Waals surface area contributed by atoms with Gasteiger partial charge >= 0.3 is 0 Å². The lowest BCUT2D eigenvalue weighted by Gasteiger charge is -2.15. The molecule has 1 aromatic carbocycles. The Bertz CT molecular complexity index is 607. The summed E-state index contributed by atoms with van der Waals surface area (Å²) in [5.74, 6) is 1.76. The van der Waals surface area contributed by atoms with Crippen LogP contribution in [-0.4, -0.2) is 15.3 Å². The first kappa shape index (κ1) is 12.1. The zero-order valence-corrected chi connectivity index (χ0v) is 12.5. The van der Waals surface area contributed by atoms with E-state index in [4.69, 9.17) is 5.73 Å². The van der Waals surface area contributed by atoms with E-state index >= 15 is 0 Å². The van der Waals surface area contributed by atoms with Crippen molar-refractivity contribution < 1.29 is 0 Å². The van der Waals surface area contributed by atoms with Crippen molar-refractivity contribution >= 4 is 33.6 Å². The Hall–Kier alpha value is -0.940. The van der Waals surface area contributed by atoms with Crippen molar-refractivity contribution in [2.24, 2.45) is 7.05 Å². The van der Waals surface area contributed by atoms with Crippen LogP contribution in [0.15, 0.2) is 27.7 Å². The summed E-state index contributed by atoms with van der Waals surface area (Å²) >= 11 is 5.49. The highest BCUT2D eigenvalue weighted by Gasteiger charge is 2.15. The number of aryl methyl sites for hydroxylation is 1. The predicted octanol–water partition coefficient (Wildman–Crippen LogP) is 3.47. The number of nitrogens with zero attached hydrogens (tertiary/aromatic N) is 2.